The molecule has 11 nitrogen and oxygen atoms in total. The molecule has 236 valence electrons. The van der Waals surface area contributed by atoms with Gasteiger partial charge in [0.15, 0.2) is 0 Å². The van der Waals surface area contributed by atoms with E-state index in [-0.39, 0.29) is 5.91 Å². The number of guanidine groups is 1. The SMILES string of the molecule is Cc1cc(C(=O)NC2=NC3=CC=C(N4CCC(N5CCN(C)CC5)CC4)CC3(C)N2CC(C)(C)O)cc(-c2cnn(C)c2)n1. The first-order valence-electron chi connectivity index (χ1n) is 15.8. The van der Waals surface area contributed by atoms with Gasteiger partial charge >= 0.3 is 0 Å². The first kappa shape index (κ1) is 30.5. The van der Waals surface area contributed by atoms with Crippen molar-refractivity contribution in [3.63, 3.8) is 0 Å². The number of amides is 1. The van der Waals surface area contributed by atoms with E-state index in [1.165, 1.54) is 18.5 Å². The third-order valence-electron chi connectivity index (χ3n) is 9.50. The summed E-state index contributed by atoms with van der Waals surface area (Å²) in [6.07, 6.45) is 11.0. The lowest BCUT2D eigenvalue weighted by molar-refractivity contribution is 0.0339. The molecule has 0 aromatic carbocycles. The standard InChI is InChI=1S/C33H47N9O2/c1-23-17-24(18-28(35-23)25-20-34-39(6)21-25)30(43)37-31-36-29-8-7-27(19-33(29,4)42(31)22-32(2,3)44)40-11-9-26(10-12-40)41-15-13-38(5)14-16-41/h7-8,17-18,20-21,26,44H,9-16,19,22H2,1-6H3,(H,36,37,43). The maximum atomic E-state index is 13.7. The van der Waals surface area contributed by atoms with E-state index in [1.54, 1.807) is 36.9 Å². The number of likely N-dealkylation sites (tertiary alicyclic amines) is 1. The zero-order valence-corrected chi connectivity index (χ0v) is 27.0. The molecule has 2 saturated heterocycles. The fourth-order valence-electron chi connectivity index (χ4n) is 6.99. The fourth-order valence-corrected chi connectivity index (χ4v) is 6.99. The lowest BCUT2D eigenvalue weighted by Gasteiger charge is -2.46. The summed E-state index contributed by atoms with van der Waals surface area (Å²) in [7, 11) is 4.07. The van der Waals surface area contributed by atoms with Crippen molar-refractivity contribution in [3.8, 4) is 11.3 Å². The molecule has 0 bridgehead atoms. The van der Waals surface area contributed by atoms with Crippen LogP contribution in [0.2, 0.25) is 0 Å². The molecule has 11 heteroatoms. The van der Waals surface area contributed by atoms with Crippen LogP contribution in [0.5, 0.6) is 0 Å². The number of piperidine rings is 1. The number of β-amino-alcohol motifs (C(OH)–C–C–N with tert-alkyl or cyclic N) is 1. The van der Waals surface area contributed by atoms with Crippen molar-refractivity contribution >= 4 is 11.9 Å². The second-order valence-corrected chi connectivity index (χ2v) is 13.8. The van der Waals surface area contributed by atoms with Crippen LogP contribution in [0.4, 0.5) is 0 Å². The molecule has 6 rings (SSSR count). The van der Waals surface area contributed by atoms with Crippen LogP contribution in [0, 0.1) is 6.92 Å². The van der Waals surface area contributed by atoms with Crippen molar-refractivity contribution < 1.29 is 9.90 Å². The van der Waals surface area contributed by atoms with Crippen LogP contribution in [0.3, 0.4) is 0 Å². The van der Waals surface area contributed by atoms with Gasteiger partial charge in [-0.15, -0.1) is 0 Å². The topological polar surface area (TPSA) is 105 Å². The first-order chi connectivity index (χ1) is 20.9. The third kappa shape index (κ3) is 6.31. The largest absolute Gasteiger partial charge is 0.389 e. The highest BCUT2D eigenvalue weighted by molar-refractivity contribution is 6.07. The molecular weight excluding hydrogens is 554 g/mol. The molecular formula is C33H47N9O2. The van der Waals surface area contributed by atoms with Crippen LogP contribution in [0.25, 0.3) is 11.3 Å². The van der Waals surface area contributed by atoms with E-state index >= 15 is 0 Å². The molecule has 2 fully saturated rings. The van der Waals surface area contributed by atoms with Crippen molar-refractivity contribution in [3.05, 3.63) is 59.3 Å². The van der Waals surface area contributed by atoms with Gasteiger partial charge in [-0.3, -0.25) is 24.7 Å². The summed E-state index contributed by atoms with van der Waals surface area (Å²) in [5.41, 5.74) is 3.49. The summed E-state index contributed by atoms with van der Waals surface area (Å²) >= 11 is 0. The van der Waals surface area contributed by atoms with E-state index in [4.69, 9.17) is 4.99 Å². The molecule has 1 aliphatic carbocycles. The lowest BCUT2D eigenvalue weighted by atomic mass is 9.85. The molecule has 4 aliphatic rings. The van der Waals surface area contributed by atoms with Crippen molar-refractivity contribution in [2.75, 3.05) is 52.9 Å². The number of rotatable bonds is 6. The van der Waals surface area contributed by atoms with Gasteiger partial charge in [-0.1, -0.05) is 0 Å². The average molecular weight is 602 g/mol. The monoisotopic (exact) mass is 601 g/mol. The summed E-state index contributed by atoms with van der Waals surface area (Å²) in [5.74, 6) is 0.203. The highest BCUT2D eigenvalue weighted by Crippen LogP contribution is 2.42. The van der Waals surface area contributed by atoms with Gasteiger partial charge in [0.25, 0.3) is 5.91 Å². The molecule has 0 radical (unpaired) electrons. The molecule has 2 aromatic heterocycles. The Kier molecular flexibility index (Phi) is 8.15. The number of piperazine rings is 1. The van der Waals surface area contributed by atoms with E-state index in [1.807, 2.05) is 20.2 Å². The number of carbonyl (C=O) groups excluding carboxylic acids is 1. The summed E-state index contributed by atoms with van der Waals surface area (Å²) < 4.78 is 1.72. The predicted molar refractivity (Wildman–Crippen MR) is 172 cm³/mol. The number of carbonyl (C=O) groups is 1. The number of fused-ring (bicyclic) bond motifs is 1. The molecule has 2 aromatic rings. The average Bonchev–Trinajstić information content (AvgIpc) is 3.53. The number of nitrogens with zero attached hydrogens (tertiary/aromatic N) is 8. The Morgan fingerprint density at radius 1 is 1.09 bits per heavy atom. The Morgan fingerprint density at radius 3 is 2.48 bits per heavy atom. The Balaban J connectivity index is 1.19. The number of aliphatic hydroxyl groups is 1. The smallest absolute Gasteiger partial charge is 0.258 e. The minimum Gasteiger partial charge on any atom is -0.389 e. The quantitative estimate of drug-likeness (QED) is 0.521. The summed E-state index contributed by atoms with van der Waals surface area (Å²) in [6, 6.07) is 4.23. The number of pyridine rings is 1. The molecule has 1 amide bonds. The van der Waals surface area contributed by atoms with Crippen LogP contribution in [0.1, 0.15) is 56.1 Å². The normalized spacial score (nSPS) is 23.8. The highest BCUT2D eigenvalue weighted by Gasteiger charge is 2.47. The van der Waals surface area contributed by atoms with Crippen LogP contribution >= 0.6 is 0 Å². The van der Waals surface area contributed by atoms with Gasteiger partial charge in [-0.05, 0) is 71.9 Å². The molecule has 3 aliphatic heterocycles. The predicted octanol–water partition coefficient (Wildman–Crippen LogP) is 2.60. The number of aliphatic imine (C=N–C) groups is 1. The molecule has 44 heavy (non-hydrogen) atoms. The number of likely N-dealkylation sites (N-methyl/N-ethyl adjacent to an activating group) is 1. The first-order valence-corrected chi connectivity index (χ1v) is 15.8. The van der Waals surface area contributed by atoms with E-state index in [2.05, 4.69) is 61.1 Å². The highest BCUT2D eigenvalue weighted by atomic mass is 16.3. The molecule has 1 unspecified atom stereocenters. The number of nitrogens with one attached hydrogen (secondary N) is 1. The number of aromatic nitrogens is 3. The molecule has 0 saturated carbocycles. The van der Waals surface area contributed by atoms with Crippen molar-refractivity contribution in [1.29, 1.82) is 0 Å². The van der Waals surface area contributed by atoms with Crippen molar-refractivity contribution in [2.24, 2.45) is 12.0 Å². The zero-order chi connectivity index (χ0) is 31.2. The Bertz CT molecular complexity index is 1490. The Labute approximate surface area is 260 Å². The second-order valence-electron chi connectivity index (χ2n) is 13.8. The third-order valence-corrected chi connectivity index (χ3v) is 9.50. The fraction of sp³-hybridized carbons (Fsp3) is 0.576. The van der Waals surface area contributed by atoms with Gasteiger partial charge < -0.3 is 19.8 Å². The van der Waals surface area contributed by atoms with E-state index in [0.717, 1.165) is 62.6 Å². The summed E-state index contributed by atoms with van der Waals surface area (Å²) in [5, 5.41) is 18.3. The van der Waals surface area contributed by atoms with Crippen LogP contribution < -0.4 is 5.32 Å². The van der Waals surface area contributed by atoms with E-state index in [9.17, 15) is 9.90 Å². The number of hydrogen-bond acceptors (Lipinski definition) is 9. The number of allylic oxidation sites excluding steroid dienone is 2. The van der Waals surface area contributed by atoms with Gasteiger partial charge in [0.1, 0.15) is 0 Å². The van der Waals surface area contributed by atoms with Gasteiger partial charge in [-0.25, -0.2) is 4.99 Å². The summed E-state index contributed by atoms with van der Waals surface area (Å²) in [4.78, 5) is 32.9. The van der Waals surface area contributed by atoms with Crippen LogP contribution in [-0.4, -0.2) is 121 Å². The molecule has 1 atom stereocenters. The van der Waals surface area contributed by atoms with Gasteiger partial charge in [-0.2, -0.15) is 5.10 Å². The van der Waals surface area contributed by atoms with Crippen molar-refractivity contribution in [2.45, 2.75) is 64.1 Å². The maximum Gasteiger partial charge on any atom is 0.258 e. The van der Waals surface area contributed by atoms with Crippen LogP contribution in [-0.2, 0) is 7.05 Å². The second kappa shape index (κ2) is 11.8. The van der Waals surface area contributed by atoms with Gasteiger partial charge in [0, 0.05) is 94.0 Å². The van der Waals surface area contributed by atoms with Crippen molar-refractivity contribution in [1.82, 2.24) is 39.7 Å². The summed E-state index contributed by atoms with van der Waals surface area (Å²) in [6.45, 7) is 14.7. The lowest BCUT2D eigenvalue weighted by Crippen LogP contribution is -2.57. The zero-order valence-electron chi connectivity index (χ0n) is 27.0. The minimum absolute atomic E-state index is 0.262. The Hall–Kier alpha value is -3.54. The van der Waals surface area contributed by atoms with E-state index in [0.29, 0.717) is 29.8 Å². The van der Waals surface area contributed by atoms with Gasteiger partial charge in [0.05, 0.1) is 28.7 Å². The number of aryl methyl sites for hydroxylation is 2. The van der Waals surface area contributed by atoms with Crippen LogP contribution in [0.15, 0.2) is 53.1 Å². The number of hydrogen-bond donors (Lipinski definition) is 2. The Morgan fingerprint density at radius 2 is 1.82 bits per heavy atom. The minimum atomic E-state index is -0.993. The maximum absolute atomic E-state index is 13.7. The molecule has 0 spiro atoms. The molecule has 2 N–H and O–H groups in total. The van der Waals surface area contributed by atoms with Gasteiger partial charge in [0.2, 0.25) is 5.96 Å². The molecule has 5 heterocycles. The van der Waals surface area contributed by atoms with E-state index < -0.39 is 11.1 Å².